The van der Waals surface area contributed by atoms with Crippen LogP contribution in [0.3, 0.4) is 0 Å². The molecule has 1 aromatic carbocycles. The highest BCUT2D eigenvalue weighted by Crippen LogP contribution is 2.38. The van der Waals surface area contributed by atoms with Crippen molar-refractivity contribution in [2.45, 2.75) is 58.3 Å². The Labute approximate surface area is 155 Å². The lowest BCUT2D eigenvalue weighted by molar-refractivity contribution is -0.140. The summed E-state index contributed by atoms with van der Waals surface area (Å²) in [4.78, 5) is 38.4. The normalized spacial score (nSPS) is 23.7. The van der Waals surface area contributed by atoms with E-state index in [9.17, 15) is 14.4 Å². The number of likely N-dealkylation sites (tertiary alicyclic amines) is 1. The molecule has 5 heteroatoms. The number of benzene rings is 1. The fourth-order valence-corrected chi connectivity index (χ4v) is 4.02. The van der Waals surface area contributed by atoms with E-state index in [1.165, 1.54) is 10.5 Å². The number of amides is 3. The van der Waals surface area contributed by atoms with Gasteiger partial charge in [-0.1, -0.05) is 38.8 Å². The smallest absolute Gasteiger partial charge is 0.233 e. The van der Waals surface area contributed by atoms with E-state index in [0.717, 1.165) is 37.8 Å². The Kier molecular flexibility index (Phi) is 5.74. The molecule has 3 rings (SSSR count). The van der Waals surface area contributed by atoms with Gasteiger partial charge in [0.25, 0.3) is 0 Å². The fraction of sp³-hybridized carbons (Fsp3) is 0.571. The van der Waals surface area contributed by atoms with Gasteiger partial charge in [0.2, 0.25) is 17.7 Å². The summed E-state index contributed by atoms with van der Waals surface area (Å²) in [7, 11) is 0. The topological polar surface area (TPSA) is 66.5 Å². The minimum absolute atomic E-state index is 0.0783. The van der Waals surface area contributed by atoms with Crippen LogP contribution in [0, 0.1) is 11.8 Å². The molecule has 1 N–H and O–H groups in total. The predicted molar refractivity (Wildman–Crippen MR) is 101 cm³/mol. The molecule has 1 saturated carbocycles. The average Bonchev–Trinajstić information content (AvgIpc) is 2.91. The molecule has 140 valence electrons. The summed E-state index contributed by atoms with van der Waals surface area (Å²) in [5.41, 5.74) is 2.00. The number of hydrogen-bond acceptors (Lipinski definition) is 3. The molecule has 2 fully saturated rings. The SMILES string of the molecule is CC[C@@H](C)c1ccc(NC(=O)CCN2C(=O)[C@H]3CCCC[C@@H]3C2=O)cc1. The van der Waals surface area contributed by atoms with Gasteiger partial charge in [-0.25, -0.2) is 0 Å². The molecule has 5 nitrogen and oxygen atoms in total. The molecule has 0 aromatic heterocycles. The van der Waals surface area contributed by atoms with Gasteiger partial charge in [0.15, 0.2) is 0 Å². The Morgan fingerprint density at radius 2 is 1.69 bits per heavy atom. The largest absolute Gasteiger partial charge is 0.326 e. The van der Waals surface area contributed by atoms with E-state index in [-0.39, 0.29) is 42.5 Å². The van der Waals surface area contributed by atoms with Gasteiger partial charge >= 0.3 is 0 Å². The van der Waals surface area contributed by atoms with Crippen molar-refractivity contribution in [3.8, 4) is 0 Å². The van der Waals surface area contributed by atoms with Crippen LogP contribution >= 0.6 is 0 Å². The second-order valence-corrected chi connectivity index (χ2v) is 7.56. The number of hydrogen-bond donors (Lipinski definition) is 1. The predicted octanol–water partition coefficient (Wildman–Crippen LogP) is 3.70. The summed E-state index contributed by atoms with van der Waals surface area (Å²) < 4.78 is 0. The van der Waals surface area contributed by atoms with Crippen molar-refractivity contribution in [1.29, 1.82) is 0 Å². The van der Waals surface area contributed by atoms with E-state index in [4.69, 9.17) is 0 Å². The number of carbonyl (C=O) groups excluding carboxylic acids is 3. The summed E-state index contributed by atoms with van der Waals surface area (Å²) in [5.74, 6) is -0.122. The van der Waals surface area contributed by atoms with Crippen LogP contribution < -0.4 is 5.32 Å². The van der Waals surface area contributed by atoms with E-state index in [1.807, 2.05) is 24.3 Å². The van der Waals surface area contributed by atoms with Crippen molar-refractivity contribution >= 4 is 23.4 Å². The Morgan fingerprint density at radius 1 is 1.12 bits per heavy atom. The zero-order valence-corrected chi connectivity index (χ0v) is 15.7. The lowest BCUT2D eigenvalue weighted by atomic mass is 9.81. The lowest BCUT2D eigenvalue weighted by Gasteiger charge is -2.19. The number of rotatable bonds is 6. The first-order chi connectivity index (χ1) is 12.5. The maximum Gasteiger partial charge on any atom is 0.233 e. The van der Waals surface area contributed by atoms with Crippen LogP contribution in [0.15, 0.2) is 24.3 Å². The van der Waals surface area contributed by atoms with Gasteiger partial charge < -0.3 is 5.32 Å². The zero-order valence-electron chi connectivity index (χ0n) is 15.7. The first-order valence-electron chi connectivity index (χ1n) is 9.76. The minimum Gasteiger partial charge on any atom is -0.326 e. The van der Waals surface area contributed by atoms with E-state index in [0.29, 0.717) is 5.92 Å². The van der Waals surface area contributed by atoms with E-state index >= 15 is 0 Å². The van der Waals surface area contributed by atoms with E-state index in [2.05, 4.69) is 19.2 Å². The van der Waals surface area contributed by atoms with Gasteiger partial charge in [-0.3, -0.25) is 19.3 Å². The third-order valence-corrected chi connectivity index (χ3v) is 5.87. The summed E-state index contributed by atoms with van der Waals surface area (Å²) >= 11 is 0. The molecule has 26 heavy (non-hydrogen) atoms. The molecule has 0 bridgehead atoms. The third kappa shape index (κ3) is 3.81. The van der Waals surface area contributed by atoms with Gasteiger partial charge in [0.05, 0.1) is 11.8 Å². The quantitative estimate of drug-likeness (QED) is 0.790. The molecule has 3 atom stereocenters. The van der Waals surface area contributed by atoms with Gasteiger partial charge in [-0.15, -0.1) is 0 Å². The van der Waals surface area contributed by atoms with Crippen molar-refractivity contribution in [3.63, 3.8) is 0 Å². The second-order valence-electron chi connectivity index (χ2n) is 7.56. The molecule has 1 saturated heterocycles. The molecule has 0 radical (unpaired) electrons. The van der Waals surface area contributed by atoms with Crippen LogP contribution in [0.25, 0.3) is 0 Å². The van der Waals surface area contributed by atoms with Crippen molar-refractivity contribution in [1.82, 2.24) is 4.90 Å². The van der Waals surface area contributed by atoms with Crippen molar-refractivity contribution in [2.75, 3.05) is 11.9 Å². The Morgan fingerprint density at radius 3 is 2.23 bits per heavy atom. The van der Waals surface area contributed by atoms with Crippen LogP contribution in [-0.4, -0.2) is 29.2 Å². The van der Waals surface area contributed by atoms with Crippen LogP contribution in [0.4, 0.5) is 5.69 Å². The third-order valence-electron chi connectivity index (χ3n) is 5.87. The lowest BCUT2D eigenvalue weighted by Crippen LogP contribution is -2.34. The highest BCUT2D eigenvalue weighted by atomic mass is 16.2. The van der Waals surface area contributed by atoms with E-state index < -0.39 is 0 Å². The highest BCUT2D eigenvalue weighted by Gasteiger charge is 2.47. The number of anilines is 1. The van der Waals surface area contributed by atoms with Gasteiger partial charge in [0, 0.05) is 18.7 Å². The molecule has 1 aliphatic carbocycles. The number of nitrogens with one attached hydrogen (secondary N) is 1. The molecule has 1 heterocycles. The first-order valence-corrected chi connectivity index (χ1v) is 9.76. The van der Waals surface area contributed by atoms with Gasteiger partial charge in [-0.05, 0) is 42.9 Å². The molecule has 1 aromatic rings. The van der Waals surface area contributed by atoms with Crippen molar-refractivity contribution in [2.24, 2.45) is 11.8 Å². The second kappa shape index (κ2) is 8.02. The van der Waals surface area contributed by atoms with Gasteiger partial charge in [-0.2, -0.15) is 0 Å². The number of nitrogens with zero attached hydrogens (tertiary/aromatic N) is 1. The van der Waals surface area contributed by atoms with Gasteiger partial charge in [0.1, 0.15) is 0 Å². The Balaban J connectivity index is 1.52. The summed E-state index contributed by atoms with van der Waals surface area (Å²) in [6.07, 6.45) is 4.86. The van der Waals surface area contributed by atoms with Crippen LogP contribution in [0.2, 0.25) is 0 Å². The molecule has 0 spiro atoms. The molecular formula is C21H28N2O3. The van der Waals surface area contributed by atoms with Crippen LogP contribution in [0.1, 0.15) is 63.9 Å². The van der Waals surface area contributed by atoms with Crippen LogP contribution in [-0.2, 0) is 14.4 Å². The monoisotopic (exact) mass is 356 g/mol. The Hall–Kier alpha value is -2.17. The number of imide groups is 1. The number of fused-ring (bicyclic) bond motifs is 1. The molecule has 3 amide bonds. The fourth-order valence-electron chi connectivity index (χ4n) is 4.02. The van der Waals surface area contributed by atoms with Crippen molar-refractivity contribution in [3.05, 3.63) is 29.8 Å². The summed E-state index contributed by atoms with van der Waals surface area (Å²) in [6.45, 7) is 4.51. The molecule has 0 unspecified atom stereocenters. The van der Waals surface area contributed by atoms with E-state index in [1.54, 1.807) is 0 Å². The first kappa shape index (κ1) is 18.6. The maximum absolute atomic E-state index is 12.4. The number of carbonyl (C=O) groups is 3. The average molecular weight is 356 g/mol. The Bertz CT molecular complexity index is 659. The summed E-state index contributed by atoms with van der Waals surface area (Å²) in [5, 5.41) is 2.85. The maximum atomic E-state index is 12.4. The highest BCUT2D eigenvalue weighted by molar-refractivity contribution is 6.05. The summed E-state index contributed by atoms with van der Waals surface area (Å²) in [6, 6.07) is 7.87. The van der Waals surface area contributed by atoms with Crippen molar-refractivity contribution < 1.29 is 14.4 Å². The zero-order chi connectivity index (χ0) is 18.7. The van der Waals surface area contributed by atoms with Crippen LogP contribution in [0.5, 0.6) is 0 Å². The molecule has 1 aliphatic heterocycles. The minimum atomic E-state index is -0.170. The standard InChI is InChI=1S/C21H28N2O3/c1-3-14(2)15-8-10-16(11-9-15)22-19(24)12-13-23-20(25)17-6-4-5-7-18(17)21(23)26/h8-11,14,17-18H,3-7,12-13H2,1-2H3,(H,22,24)/t14-,17+,18+/m1/s1. The molecular weight excluding hydrogens is 328 g/mol. The molecule has 2 aliphatic rings.